The van der Waals surface area contributed by atoms with Crippen molar-refractivity contribution >= 4 is 102 Å². The molecule has 19 rings (SSSR count). The predicted molar refractivity (Wildman–Crippen MR) is 562 cm³/mol. The van der Waals surface area contributed by atoms with Gasteiger partial charge in [-0.05, 0) is 201 Å². The average molecular weight is 1980 g/mol. The lowest BCUT2D eigenvalue weighted by Crippen LogP contribution is -2.45. The number of hydrogen-bond acceptors (Lipinski definition) is 20. The van der Waals surface area contributed by atoms with E-state index in [2.05, 4.69) is 149 Å². The molecule has 0 bridgehead atoms. The molecule has 0 spiro atoms. The normalized spacial score (nSPS) is 13.1. The first kappa shape index (κ1) is 103. The van der Waals surface area contributed by atoms with Crippen molar-refractivity contribution in [3.05, 3.63) is 363 Å². The van der Waals surface area contributed by atoms with Gasteiger partial charge in [0.05, 0.1) is 61.1 Å². The monoisotopic (exact) mass is 1980 g/mol. The van der Waals surface area contributed by atoms with Crippen molar-refractivity contribution in [2.75, 3.05) is 126 Å². The number of carbonyl (C=O) groups excluding carboxylic acids is 4. The zero-order chi connectivity index (χ0) is 103. The minimum atomic E-state index is -4.57. The predicted octanol–water partition coefficient (Wildman–Crippen LogP) is 22.1. The van der Waals surface area contributed by atoms with Crippen molar-refractivity contribution in [2.24, 2.45) is 0 Å². The van der Waals surface area contributed by atoms with E-state index in [1.807, 2.05) is 134 Å². The van der Waals surface area contributed by atoms with Crippen LogP contribution in [0.3, 0.4) is 0 Å². The maximum atomic E-state index is 14.0. The number of likely N-dealkylation sites (N-methyl/N-ethyl adjacent to an activating group) is 2. The fourth-order valence-corrected chi connectivity index (χ4v) is 18.2. The molecule has 2 aliphatic heterocycles. The van der Waals surface area contributed by atoms with Crippen LogP contribution in [0.5, 0.6) is 23.0 Å². The van der Waals surface area contributed by atoms with E-state index < -0.39 is 29.4 Å². The van der Waals surface area contributed by atoms with Crippen molar-refractivity contribution in [1.82, 2.24) is 64.0 Å². The van der Waals surface area contributed by atoms with Gasteiger partial charge in [-0.15, -0.1) is 0 Å². The number of rotatable bonds is 33. The second kappa shape index (κ2) is 47.4. The van der Waals surface area contributed by atoms with Crippen LogP contribution < -0.4 is 50.8 Å². The van der Waals surface area contributed by atoms with Gasteiger partial charge in [0.1, 0.15) is 45.6 Å². The number of ether oxygens (including phenoxy) is 4. The van der Waals surface area contributed by atoms with Crippen LogP contribution in [0.2, 0.25) is 0 Å². The van der Waals surface area contributed by atoms with Gasteiger partial charge in [0.25, 0.3) is 11.8 Å². The number of hydrogen-bond donors (Lipinski definition) is 10. The molecule has 2 amide bonds. The molecule has 27 nitrogen and oxygen atoms in total. The van der Waals surface area contributed by atoms with Crippen LogP contribution in [0.25, 0.3) is 49.8 Å². The highest BCUT2D eigenvalue weighted by atomic mass is 19.4. The van der Waals surface area contributed by atoms with E-state index in [0.29, 0.717) is 96.5 Å². The third-order valence-corrected chi connectivity index (χ3v) is 25.8. The quantitative estimate of drug-likeness (QED) is 0.0135. The Morgan fingerprint density at radius 1 is 0.349 bits per heavy atom. The summed E-state index contributed by atoms with van der Waals surface area (Å²) in [4.78, 5) is 90.4. The number of piperazine rings is 2. The Balaban J connectivity index is 0.000000140. The zero-order valence-electron chi connectivity index (χ0n) is 82.7. The molecule has 0 unspecified atom stereocenters. The molecule has 10 N–H and O–H groups in total. The maximum absolute atomic E-state index is 14.0. The summed E-state index contributed by atoms with van der Waals surface area (Å²) in [7, 11) is 6.53. The van der Waals surface area contributed by atoms with E-state index in [-0.39, 0.29) is 53.7 Å². The Labute approximate surface area is 841 Å². The lowest BCUT2D eigenvalue weighted by molar-refractivity contribution is -0.139. The number of ketones is 2. The number of alkyl halides is 6. The lowest BCUT2D eigenvalue weighted by atomic mass is 9.97. The number of fused-ring (bicyclic) bond motifs is 4. The van der Waals surface area contributed by atoms with Crippen LogP contribution >= 0.6 is 0 Å². The number of carbonyl (C=O) groups is 4. The Kier molecular flexibility index (Phi) is 33.4. The van der Waals surface area contributed by atoms with Gasteiger partial charge in [-0.2, -0.15) is 26.3 Å². The number of nitrogens with one attached hydrogen (secondary N) is 10. The third-order valence-electron chi connectivity index (χ3n) is 25.8. The molecular weight excluding hydrogens is 1870 g/mol. The first-order valence-electron chi connectivity index (χ1n) is 48.2. The topological polar surface area (TPSA) is 310 Å². The van der Waals surface area contributed by atoms with Gasteiger partial charge in [0.2, 0.25) is 0 Å². The Morgan fingerprint density at radius 2 is 0.712 bits per heavy atom. The van der Waals surface area contributed by atoms with Crippen LogP contribution in [0.1, 0.15) is 128 Å². The van der Waals surface area contributed by atoms with Crippen molar-refractivity contribution < 1.29 is 64.5 Å². The molecule has 0 radical (unpaired) electrons. The molecule has 33 heteroatoms. The molecule has 2 saturated heterocycles. The number of halogens is 6. The van der Waals surface area contributed by atoms with Crippen LogP contribution in [0.15, 0.2) is 268 Å². The molecule has 8 aromatic carbocycles. The number of Topliss-reactive ketones (excluding diaryl/α,β-unsaturated/α-hetero) is 2. The van der Waals surface area contributed by atoms with Gasteiger partial charge >= 0.3 is 12.4 Å². The molecular formula is C113H117F6N19O8. The van der Waals surface area contributed by atoms with Gasteiger partial charge < -0.3 is 85.2 Å². The van der Waals surface area contributed by atoms with Gasteiger partial charge in [-0.3, -0.25) is 29.0 Å². The second-order valence-corrected chi connectivity index (χ2v) is 36.0. The molecule has 0 saturated carbocycles. The number of benzene rings is 8. The highest BCUT2D eigenvalue weighted by molar-refractivity contribution is 6.06. The highest BCUT2D eigenvalue weighted by Gasteiger charge is 2.37. The van der Waals surface area contributed by atoms with Crippen molar-refractivity contribution in [2.45, 2.75) is 99.1 Å². The summed E-state index contributed by atoms with van der Waals surface area (Å²) in [5, 5.41) is 22.7. The van der Waals surface area contributed by atoms with Crippen LogP contribution in [-0.4, -0.2) is 181 Å². The van der Waals surface area contributed by atoms with E-state index in [9.17, 15) is 45.5 Å². The maximum Gasteiger partial charge on any atom is 0.416 e. The van der Waals surface area contributed by atoms with Crippen LogP contribution in [0.4, 0.5) is 60.5 Å². The number of H-pyrrole nitrogens is 4. The summed E-state index contributed by atoms with van der Waals surface area (Å²) in [5.74, 6) is 2.11. The number of aromatic nitrogens is 9. The standard InChI is InChI=1S/C31H34F3N5O2.C30H33F3N6O2.C29H28N4O2.C23H22N4O2/c1-3-38-11-13-39(14-12-38)20-23-8-7-21(15-27(23)31(32,33)34)16-28(40)22-5-4-6-25(17-22)36-18-24-19-37-30-26(9-10-35-30)29(24)41-2;1-3-38-11-13-39(14-12-38)19-21-8-7-20(15-26(21)30(31,32)33)29(40)37-24-6-4-5-23(16-24)35-17-22-18-36-28-25(9-10-34-28)27(22)41-2;1-19-8-10-33(18-19)25-12-20(2)11-21(13-25)14-27(34)22-5-4-6-24(15-22)31-16-23-17-32-29-26(7-9-30-29)28(23)35-3;1-15-5-3-6-16(11-15)23(28)27-19-8-4-7-18(12-19)25-13-17-14-26-22-20(9-10-24-22)21(17)29-2/h4-10,15,17,19,36H,3,11-14,16,18,20H2,1-2H3,(H,35,37);4-10,15-16,18,35H,3,11-14,17,19H2,1-2H3,(H,34,36)(H,37,40);4-13,15,17-18,31H,14,16H2,1-3H3,(H,30,32);3-12,14,25H,13H2,1-2H3,(H,24,26)(H,27,28). The van der Waals surface area contributed by atoms with Crippen LogP contribution in [-0.2, 0) is 64.5 Å². The molecule has 9 aromatic heterocycles. The van der Waals surface area contributed by atoms with Gasteiger partial charge in [-0.1, -0.05) is 92.2 Å². The number of methoxy groups -OCH3 is 4. The summed E-state index contributed by atoms with van der Waals surface area (Å²) in [6, 6.07) is 61.0. The van der Waals surface area contributed by atoms with Gasteiger partial charge in [0.15, 0.2) is 11.6 Å². The summed E-state index contributed by atoms with van der Waals surface area (Å²) in [6.45, 7) is 20.8. The third kappa shape index (κ3) is 26.1. The number of anilines is 6. The number of amides is 2. The first-order chi connectivity index (χ1) is 70.6. The smallest absolute Gasteiger partial charge is 0.416 e. The van der Waals surface area contributed by atoms with E-state index in [4.69, 9.17) is 18.9 Å². The van der Waals surface area contributed by atoms with Crippen LogP contribution in [0, 0.1) is 20.8 Å². The average Bonchev–Trinajstić information content (AvgIpc) is 1.60. The van der Waals surface area contributed by atoms with Crippen molar-refractivity contribution in [1.29, 1.82) is 0 Å². The number of aryl methyl sites for hydroxylation is 3. The molecule has 11 heterocycles. The lowest BCUT2D eigenvalue weighted by Gasteiger charge is -2.34. The van der Waals surface area contributed by atoms with Crippen molar-refractivity contribution in [3.8, 4) is 28.7 Å². The fourth-order valence-electron chi connectivity index (χ4n) is 18.2. The SMILES string of the molecule is CCN1CCN(Cc2ccc(C(=O)Nc3cccc(NCc4cnc5[nH]ccc5c4OC)c3)cc2C(F)(F)F)CC1.CCN1CCN(Cc2ccc(CC(=O)c3cccc(NCc4cnc5[nH]ccc5c4OC)c3)cc2C(F)(F)F)CC1.COc1c(CNc2cccc(C(=O)Cc3cc(C)cc(-n4ccc(C)c4)c3)c2)cnc2[nH]ccc12.COc1c(CNc2cccc(NC(=O)c3cccc(C)c3)c2)cnc2[nH]ccc12. The highest BCUT2D eigenvalue weighted by Crippen LogP contribution is 2.39. The molecule has 2 aliphatic rings. The molecule has 2 fully saturated rings. The van der Waals surface area contributed by atoms with E-state index in [1.54, 1.807) is 114 Å². The number of nitrogens with zero attached hydrogens (tertiary/aromatic N) is 9. The van der Waals surface area contributed by atoms with Gasteiger partial charge in [-0.25, -0.2) is 19.9 Å². The summed E-state index contributed by atoms with van der Waals surface area (Å²) < 4.78 is 109. The summed E-state index contributed by atoms with van der Waals surface area (Å²) >= 11 is 0. The van der Waals surface area contributed by atoms with Gasteiger partial charge in [0, 0.05) is 251 Å². The van der Waals surface area contributed by atoms with E-state index >= 15 is 0 Å². The summed E-state index contributed by atoms with van der Waals surface area (Å²) in [5.41, 5.74) is 17.5. The minimum Gasteiger partial charge on any atom is -0.496 e. The molecule has 0 aliphatic carbocycles. The summed E-state index contributed by atoms with van der Waals surface area (Å²) in [6.07, 6.45) is 9.64. The zero-order valence-corrected chi connectivity index (χ0v) is 82.7. The Morgan fingerprint density at radius 3 is 1.10 bits per heavy atom. The molecule has 0 atom stereocenters. The first-order valence-corrected chi connectivity index (χ1v) is 48.2. The van der Waals surface area contributed by atoms with E-state index in [0.717, 1.165) is 182 Å². The molecule has 754 valence electrons. The minimum absolute atomic E-state index is 0.0501. The van der Waals surface area contributed by atoms with Crippen molar-refractivity contribution in [3.63, 3.8) is 0 Å². The number of pyridine rings is 4. The second-order valence-electron chi connectivity index (χ2n) is 36.0. The largest absolute Gasteiger partial charge is 0.496 e. The number of aromatic amines is 4. The Bertz CT molecular complexity index is 7440. The molecule has 146 heavy (non-hydrogen) atoms. The Hall–Kier alpha value is -16.1. The fraction of sp³-hybridized carbons (Fsp3) is 0.257. The molecule has 17 aromatic rings. The van der Waals surface area contributed by atoms with E-state index in [1.165, 1.54) is 23.8 Å².